The van der Waals surface area contributed by atoms with Gasteiger partial charge in [-0.15, -0.1) is 10.2 Å². The average Bonchev–Trinajstić information content (AvgIpc) is 3.30. The lowest BCUT2D eigenvalue weighted by Crippen LogP contribution is -2.68. The van der Waals surface area contributed by atoms with E-state index in [-0.39, 0.29) is 0 Å². The number of hydrogen-bond acceptors (Lipinski definition) is 6. The summed E-state index contributed by atoms with van der Waals surface area (Å²) in [5, 5.41) is 0. The van der Waals surface area contributed by atoms with Crippen LogP contribution in [0.1, 0.15) is 70.4 Å². The molecule has 0 aliphatic carbocycles. The summed E-state index contributed by atoms with van der Waals surface area (Å²) in [5.74, 6) is 0. The summed E-state index contributed by atoms with van der Waals surface area (Å²) >= 11 is 4.43. The molecule has 3 rings (SSSR count). The van der Waals surface area contributed by atoms with E-state index in [1.54, 1.807) is 0 Å². The van der Waals surface area contributed by atoms with Gasteiger partial charge in [-0.25, -0.2) is 18.6 Å². The zero-order valence-corrected chi connectivity index (χ0v) is 24.3. The van der Waals surface area contributed by atoms with E-state index in [9.17, 15) is 0 Å². The summed E-state index contributed by atoms with van der Waals surface area (Å²) in [7, 11) is -5.97. The van der Waals surface area contributed by atoms with Crippen molar-refractivity contribution >= 4 is 40.6 Å². The summed E-state index contributed by atoms with van der Waals surface area (Å²) in [5.41, 5.74) is 2.80. The van der Waals surface area contributed by atoms with Gasteiger partial charge in [0.2, 0.25) is 0 Å². The summed E-state index contributed by atoms with van der Waals surface area (Å²) < 4.78 is 34.7. The molecule has 0 spiro atoms. The average molecular weight is 557 g/mol. The van der Waals surface area contributed by atoms with Gasteiger partial charge in [-0.1, -0.05) is 124 Å². The summed E-state index contributed by atoms with van der Waals surface area (Å²) in [4.78, 5) is 3.04. The van der Waals surface area contributed by atoms with Gasteiger partial charge >= 0.3 is 0 Å². The zero-order valence-electron chi connectivity index (χ0n) is 21.0. The third kappa shape index (κ3) is 10.4. The number of rotatable bonds is 12. The highest BCUT2D eigenvalue weighted by atomic mass is 35.7. The molecule has 0 N–H and O–H groups in total. The molecular formula is C27H38ClO4PS2. The molecule has 1 heterocycles. The zero-order chi connectivity index (χ0) is 25.7. The second kappa shape index (κ2) is 15.6. The topological polar surface area (TPSA) is 92.2 Å². The third-order valence-electron chi connectivity index (χ3n) is 6.03. The van der Waals surface area contributed by atoms with E-state index < -0.39 is 17.5 Å². The second-order valence-electron chi connectivity index (χ2n) is 8.76. The van der Waals surface area contributed by atoms with Crippen LogP contribution in [0.2, 0.25) is 0 Å². The molecule has 35 heavy (non-hydrogen) atoms. The first-order valence-corrected chi connectivity index (χ1v) is 17.8. The Labute approximate surface area is 222 Å². The van der Waals surface area contributed by atoms with Crippen molar-refractivity contribution in [3.8, 4) is 0 Å². The first kappa shape index (κ1) is 30.7. The van der Waals surface area contributed by atoms with Crippen LogP contribution >= 0.6 is 30.8 Å². The maximum atomic E-state index is 8.49. The van der Waals surface area contributed by atoms with E-state index >= 15 is 0 Å². The predicted molar refractivity (Wildman–Crippen MR) is 145 cm³/mol. The molecular weight excluding hydrogens is 519 g/mol. The molecule has 0 saturated carbocycles. The summed E-state index contributed by atoms with van der Waals surface area (Å²) in [6.45, 7) is 7.10. The largest absolute Gasteiger partial charge is 0.222 e. The minimum Gasteiger partial charge on any atom is -0.222 e. The van der Waals surface area contributed by atoms with Crippen molar-refractivity contribution in [1.29, 1.82) is 0 Å². The SMILES string of the molecule is CCCC[P+](CCCC)(CCCC)C1SC(c2ccccc2)=C(c2ccccc2)S1.[O-][Cl+3]([O-])([O-])[O-]. The minimum absolute atomic E-state index is 0.729. The van der Waals surface area contributed by atoms with Gasteiger partial charge in [0.15, 0.2) is 4.32 Å². The van der Waals surface area contributed by atoms with Gasteiger partial charge in [-0.05, 0) is 30.4 Å². The quantitative estimate of drug-likeness (QED) is 0.344. The van der Waals surface area contributed by atoms with E-state index in [1.807, 2.05) is 0 Å². The van der Waals surface area contributed by atoms with Crippen molar-refractivity contribution in [1.82, 2.24) is 0 Å². The molecule has 0 saturated heterocycles. The monoisotopic (exact) mass is 556 g/mol. The smallest absolute Gasteiger partial charge is 0.168 e. The molecule has 2 aromatic rings. The Kier molecular flexibility index (Phi) is 13.7. The molecule has 0 unspecified atom stereocenters. The highest BCUT2D eigenvalue weighted by Crippen LogP contribution is 2.76. The van der Waals surface area contributed by atoms with Crippen LogP contribution in [0.3, 0.4) is 0 Å². The number of hydrogen-bond donors (Lipinski definition) is 0. The summed E-state index contributed by atoms with van der Waals surface area (Å²) in [6.07, 6.45) is 12.6. The number of unbranched alkanes of at least 4 members (excludes halogenated alkanes) is 3. The Morgan fingerprint density at radius 2 is 0.943 bits per heavy atom. The Morgan fingerprint density at radius 1 is 0.629 bits per heavy atom. The molecule has 0 radical (unpaired) electrons. The fraction of sp³-hybridized carbons (Fsp3) is 0.481. The first-order chi connectivity index (χ1) is 16.7. The van der Waals surface area contributed by atoms with Gasteiger partial charge in [-0.2, -0.15) is 0 Å². The second-order valence-corrected chi connectivity index (χ2v) is 17.0. The van der Waals surface area contributed by atoms with Gasteiger partial charge in [0.25, 0.3) is 0 Å². The van der Waals surface area contributed by atoms with Crippen molar-refractivity contribution < 1.29 is 28.9 Å². The van der Waals surface area contributed by atoms with Gasteiger partial charge in [0.1, 0.15) is 0 Å². The molecule has 0 fully saturated rings. The first-order valence-electron chi connectivity index (χ1n) is 12.4. The molecule has 1 aliphatic rings. The molecule has 0 amide bonds. The standard InChI is InChI=1S/C27H38PS2.ClHO4/c1-4-7-20-28(21-8-5-2,22-9-6-3)27-29-25(23-16-12-10-13-17-23)26(30-27)24-18-14-11-15-19-24;2-1(3,4)5/h10-19,27H,4-9,20-22H2,1-3H3;(H,2,3,4,5)/q+1;/p-1. The van der Waals surface area contributed by atoms with Crippen LogP contribution in [0.5, 0.6) is 0 Å². The van der Waals surface area contributed by atoms with Gasteiger partial charge in [0, 0.05) is 17.1 Å². The van der Waals surface area contributed by atoms with Gasteiger partial charge in [0.05, 0.1) is 18.5 Å². The number of thioether (sulfide) groups is 2. The molecule has 2 aromatic carbocycles. The Bertz CT molecular complexity index is 812. The molecule has 8 heteroatoms. The van der Waals surface area contributed by atoms with E-state index in [2.05, 4.69) is 105 Å². The maximum absolute atomic E-state index is 8.49. The van der Waals surface area contributed by atoms with Crippen LogP contribution in [-0.2, 0) is 0 Å². The highest BCUT2D eigenvalue weighted by Gasteiger charge is 2.49. The summed E-state index contributed by atoms with van der Waals surface area (Å²) in [6, 6.07) is 22.3. The van der Waals surface area contributed by atoms with Gasteiger partial charge < -0.3 is 0 Å². The highest BCUT2D eigenvalue weighted by molar-refractivity contribution is 8.36. The third-order valence-corrected chi connectivity index (χ3v) is 16.3. The van der Waals surface area contributed by atoms with Gasteiger partial charge in [-0.3, -0.25) is 0 Å². The van der Waals surface area contributed by atoms with Crippen molar-refractivity contribution in [3.05, 3.63) is 71.8 Å². The fourth-order valence-corrected chi connectivity index (χ4v) is 15.1. The number of halogens is 1. The molecule has 194 valence electrons. The molecule has 4 nitrogen and oxygen atoms in total. The van der Waals surface area contributed by atoms with E-state index in [1.165, 1.54) is 77.9 Å². The molecule has 1 aliphatic heterocycles. The normalized spacial score (nSPS) is 14.7. The lowest BCUT2D eigenvalue weighted by atomic mass is 10.1. The fourth-order valence-electron chi connectivity index (χ4n) is 4.20. The Morgan fingerprint density at radius 3 is 1.23 bits per heavy atom. The van der Waals surface area contributed by atoms with Crippen molar-refractivity contribution in [2.75, 3.05) is 18.5 Å². The van der Waals surface area contributed by atoms with Crippen LogP contribution in [0, 0.1) is 10.2 Å². The van der Waals surface area contributed by atoms with Crippen molar-refractivity contribution in [3.63, 3.8) is 0 Å². The van der Waals surface area contributed by atoms with Crippen molar-refractivity contribution in [2.24, 2.45) is 0 Å². The van der Waals surface area contributed by atoms with Crippen LogP contribution in [0.15, 0.2) is 60.7 Å². The van der Waals surface area contributed by atoms with E-state index in [0.29, 0.717) is 0 Å². The van der Waals surface area contributed by atoms with Crippen LogP contribution in [0.25, 0.3) is 9.81 Å². The van der Waals surface area contributed by atoms with E-state index in [4.69, 9.17) is 18.6 Å². The molecule has 0 aromatic heterocycles. The van der Waals surface area contributed by atoms with Crippen molar-refractivity contribution in [2.45, 2.75) is 63.6 Å². The number of benzene rings is 2. The Hall–Kier alpha value is -0.560. The maximum Gasteiger partial charge on any atom is 0.168 e. The van der Waals surface area contributed by atoms with Crippen LogP contribution < -0.4 is 18.6 Å². The van der Waals surface area contributed by atoms with Crippen LogP contribution in [0.4, 0.5) is 0 Å². The minimum atomic E-state index is -4.94. The lowest BCUT2D eigenvalue weighted by molar-refractivity contribution is -2.00. The molecule has 0 atom stereocenters. The van der Waals surface area contributed by atoms with Crippen LogP contribution in [-0.4, -0.2) is 22.8 Å². The molecule has 0 bridgehead atoms. The predicted octanol–water partition coefficient (Wildman–Crippen LogP) is 4.94. The lowest BCUT2D eigenvalue weighted by Gasteiger charge is -2.32. The van der Waals surface area contributed by atoms with E-state index in [0.717, 1.165) is 4.32 Å². The Balaban J connectivity index is 0.000000784.